The Bertz CT molecular complexity index is 837. The molecule has 2 aromatic carbocycles. The molecule has 0 amide bonds. The van der Waals surface area contributed by atoms with Gasteiger partial charge < -0.3 is 9.54 Å². The highest BCUT2D eigenvalue weighted by Gasteiger charge is 2.07. The fourth-order valence-electron chi connectivity index (χ4n) is 2.22. The first-order valence-corrected chi connectivity index (χ1v) is 7.70. The van der Waals surface area contributed by atoms with Crippen molar-refractivity contribution in [1.82, 2.24) is 9.55 Å². The normalized spacial score (nSPS) is 12.7. The molecule has 0 aliphatic heterocycles. The summed E-state index contributed by atoms with van der Waals surface area (Å²) in [5, 5.41) is 0. The summed E-state index contributed by atoms with van der Waals surface area (Å²) in [4.78, 5) is 3.14. The maximum absolute atomic E-state index is 10.9. The summed E-state index contributed by atoms with van der Waals surface area (Å²) in [6, 6.07) is 15.5. The van der Waals surface area contributed by atoms with Crippen molar-refractivity contribution in [1.29, 1.82) is 0 Å². The highest BCUT2D eigenvalue weighted by atomic mass is 32.2. The van der Waals surface area contributed by atoms with Gasteiger partial charge in [-0.25, -0.2) is 4.21 Å². The molecule has 1 aromatic heterocycles. The minimum Gasteiger partial charge on any atom is -0.330 e. The standard InChI is InChI=1S/C14H12N2O2S2/c17-20(18)9-10-6-7-13-12(8-10)15-14(19)16(13)11-4-2-1-3-5-11/h1-8H,9H2,(H,15,19)(H,17,18). The van der Waals surface area contributed by atoms with Crippen molar-refractivity contribution in [3.05, 3.63) is 58.9 Å². The third-order valence-corrected chi connectivity index (χ3v) is 3.92. The van der Waals surface area contributed by atoms with Crippen molar-refractivity contribution >= 4 is 34.3 Å². The number of rotatable bonds is 3. The molecule has 1 atom stereocenters. The quantitative estimate of drug-likeness (QED) is 0.576. The zero-order chi connectivity index (χ0) is 14.1. The summed E-state index contributed by atoms with van der Waals surface area (Å²) in [7, 11) is 0. The van der Waals surface area contributed by atoms with Gasteiger partial charge in [-0.05, 0) is 42.0 Å². The van der Waals surface area contributed by atoms with Crippen LogP contribution in [-0.2, 0) is 16.8 Å². The van der Waals surface area contributed by atoms with Gasteiger partial charge in [-0.1, -0.05) is 24.3 Å². The third-order valence-electron chi connectivity index (χ3n) is 3.05. The SMILES string of the molecule is O=S(O)Cc1ccc2c(c1)[nH]c(=S)n2-c1ccccc1. The summed E-state index contributed by atoms with van der Waals surface area (Å²) in [6.45, 7) is 0. The average molecular weight is 304 g/mol. The lowest BCUT2D eigenvalue weighted by Gasteiger charge is -2.04. The Morgan fingerprint density at radius 1 is 1.20 bits per heavy atom. The largest absolute Gasteiger partial charge is 0.330 e. The molecule has 0 aliphatic rings. The lowest BCUT2D eigenvalue weighted by Crippen LogP contribution is -1.94. The highest BCUT2D eigenvalue weighted by molar-refractivity contribution is 7.78. The molecule has 6 heteroatoms. The van der Waals surface area contributed by atoms with Gasteiger partial charge >= 0.3 is 0 Å². The number of hydrogen-bond donors (Lipinski definition) is 2. The minimum atomic E-state index is -1.84. The lowest BCUT2D eigenvalue weighted by atomic mass is 10.2. The molecule has 0 radical (unpaired) electrons. The van der Waals surface area contributed by atoms with Crippen LogP contribution >= 0.6 is 12.2 Å². The van der Waals surface area contributed by atoms with Crippen LogP contribution in [0.15, 0.2) is 48.5 Å². The number of nitrogens with zero attached hydrogens (tertiary/aromatic N) is 1. The molecule has 0 aliphatic carbocycles. The molecule has 20 heavy (non-hydrogen) atoms. The van der Waals surface area contributed by atoms with E-state index in [-0.39, 0.29) is 5.75 Å². The first-order chi connectivity index (χ1) is 9.65. The van der Waals surface area contributed by atoms with Crippen LogP contribution in [0.2, 0.25) is 0 Å². The van der Waals surface area contributed by atoms with Gasteiger partial charge in [0, 0.05) is 5.69 Å². The minimum absolute atomic E-state index is 0.118. The molecule has 102 valence electrons. The van der Waals surface area contributed by atoms with Crippen molar-refractivity contribution < 1.29 is 8.76 Å². The second-order valence-electron chi connectivity index (χ2n) is 4.42. The molecule has 1 heterocycles. The zero-order valence-corrected chi connectivity index (χ0v) is 12.1. The number of imidazole rings is 1. The molecule has 0 bridgehead atoms. The van der Waals surface area contributed by atoms with Crippen LogP contribution in [-0.4, -0.2) is 18.3 Å². The molecule has 0 fully saturated rings. The second kappa shape index (κ2) is 5.32. The van der Waals surface area contributed by atoms with Crippen LogP contribution in [0.3, 0.4) is 0 Å². The van der Waals surface area contributed by atoms with Crippen LogP contribution in [0.1, 0.15) is 5.56 Å². The van der Waals surface area contributed by atoms with E-state index >= 15 is 0 Å². The number of H-pyrrole nitrogens is 1. The van der Waals surface area contributed by atoms with Gasteiger partial charge in [-0.2, -0.15) is 0 Å². The van der Waals surface area contributed by atoms with E-state index in [1.807, 2.05) is 53.1 Å². The number of benzene rings is 2. The predicted octanol–water partition coefficient (Wildman–Crippen LogP) is 3.41. The van der Waals surface area contributed by atoms with E-state index < -0.39 is 11.1 Å². The Morgan fingerprint density at radius 3 is 2.65 bits per heavy atom. The highest BCUT2D eigenvalue weighted by Crippen LogP contribution is 2.21. The first kappa shape index (κ1) is 13.2. The monoisotopic (exact) mass is 304 g/mol. The van der Waals surface area contributed by atoms with Crippen molar-refractivity contribution in [2.75, 3.05) is 0 Å². The molecule has 3 aromatic rings. The fourth-order valence-corrected chi connectivity index (χ4v) is 3.00. The summed E-state index contributed by atoms with van der Waals surface area (Å²) >= 11 is 3.52. The maximum atomic E-state index is 10.9. The maximum Gasteiger partial charge on any atom is 0.182 e. The predicted molar refractivity (Wildman–Crippen MR) is 82.9 cm³/mol. The van der Waals surface area contributed by atoms with E-state index in [0.717, 1.165) is 22.3 Å². The van der Waals surface area contributed by atoms with Gasteiger partial charge in [-0.3, -0.25) is 4.57 Å². The number of hydrogen-bond acceptors (Lipinski definition) is 2. The van der Waals surface area contributed by atoms with Gasteiger partial charge in [0.1, 0.15) is 0 Å². The Balaban J connectivity index is 2.18. The fraction of sp³-hybridized carbons (Fsp3) is 0.0714. The molecule has 0 saturated carbocycles. The van der Waals surface area contributed by atoms with Crippen molar-refractivity contribution in [2.45, 2.75) is 5.75 Å². The lowest BCUT2D eigenvalue weighted by molar-refractivity contribution is 0.563. The van der Waals surface area contributed by atoms with Crippen molar-refractivity contribution in [3.63, 3.8) is 0 Å². The summed E-state index contributed by atoms with van der Waals surface area (Å²) in [5.41, 5.74) is 3.60. The van der Waals surface area contributed by atoms with Gasteiger partial charge in [0.15, 0.2) is 15.9 Å². The smallest absolute Gasteiger partial charge is 0.182 e. The molecule has 0 saturated heterocycles. The number of fused-ring (bicyclic) bond motifs is 1. The molecule has 4 nitrogen and oxygen atoms in total. The van der Waals surface area contributed by atoms with Crippen LogP contribution < -0.4 is 0 Å². The number of para-hydroxylation sites is 1. The Morgan fingerprint density at radius 2 is 1.95 bits per heavy atom. The molecule has 1 unspecified atom stereocenters. The molecule has 3 rings (SSSR count). The van der Waals surface area contributed by atoms with Gasteiger partial charge in [0.2, 0.25) is 0 Å². The summed E-state index contributed by atoms with van der Waals surface area (Å²) in [5.74, 6) is 0.118. The molecule has 2 N–H and O–H groups in total. The van der Waals surface area contributed by atoms with Crippen molar-refractivity contribution in [2.24, 2.45) is 0 Å². The third kappa shape index (κ3) is 2.45. The van der Waals surface area contributed by atoms with Crippen LogP contribution in [0.5, 0.6) is 0 Å². The molecular weight excluding hydrogens is 292 g/mol. The van der Waals surface area contributed by atoms with Crippen LogP contribution in [0.4, 0.5) is 0 Å². The van der Waals surface area contributed by atoms with E-state index in [2.05, 4.69) is 4.98 Å². The Hall–Kier alpha value is -1.76. The molecular formula is C14H12N2O2S2. The van der Waals surface area contributed by atoms with Gasteiger partial charge in [0.05, 0.1) is 16.8 Å². The summed E-state index contributed by atoms with van der Waals surface area (Å²) < 4.78 is 22.4. The van der Waals surface area contributed by atoms with E-state index in [1.54, 1.807) is 0 Å². The summed E-state index contributed by atoms with van der Waals surface area (Å²) in [6.07, 6.45) is 0. The number of aromatic nitrogens is 2. The van der Waals surface area contributed by atoms with Gasteiger partial charge in [0.25, 0.3) is 0 Å². The van der Waals surface area contributed by atoms with E-state index in [4.69, 9.17) is 16.8 Å². The van der Waals surface area contributed by atoms with E-state index in [9.17, 15) is 4.21 Å². The van der Waals surface area contributed by atoms with E-state index in [0.29, 0.717) is 4.77 Å². The number of nitrogens with one attached hydrogen (secondary N) is 1. The average Bonchev–Trinajstić information content (AvgIpc) is 2.74. The van der Waals surface area contributed by atoms with Crippen molar-refractivity contribution in [3.8, 4) is 5.69 Å². The second-order valence-corrected chi connectivity index (χ2v) is 5.74. The Labute approximate surface area is 123 Å². The van der Waals surface area contributed by atoms with Crippen LogP contribution in [0, 0.1) is 4.77 Å². The van der Waals surface area contributed by atoms with Crippen LogP contribution in [0.25, 0.3) is 16.7 Å². The van der Waals surface area contributed by atoms with E-state index in [1.165, 1.54) is 0 Å². The van der Waals surface area contributed by atoms with Gasteiger partial charge in [-0.15, -0.1) is 0 Å². The topological polar surface area (TPSA) is 58.0 Å². The zero-order valence-electron chi connectivity index (χ0n) is 10.4. The molecule has 0 spiro atoms. The first-order valence-electron chi connectivity index (χ1n) is 6.02. The Kier molecular flexibility index (Phi) is 3.52. The number of aromatic amines is 1.